The van der Waals surface area contributed by atoms with Gasteiger partial charge in [-0.15, -0.1) is 0 Å². The molecule has 6 nitrogen and oxygen atoms in total. The molecule has 0 amide bonds. The Kier molecular flexibility index (Phi) is 3.17. The molecule has 1 aromatic heterocycles. The lowest BCUT2D eigenvalue weighted by Crippen LogP contribution is -2.33. The van der Waals surface area contributed by atoms with Gasteiger partial charge in [-0.05, 0) is 13.3 Å². The van der Waals surface area contributed by atoms with Gasteiger partial charge in [-0.25, -0.2) is 4.79 Å². The van der Waals surface area contributed by atoms with E-state index in [1.54, 1.807) is 6.92 Å². The third-order valence-corrected chi connectivity index (χ3v) is 3.06. The van der Waals surface area contributed by atoms with Crippen molar-refractivity contribution < 1.29 is 9.84 Å². The lowest BCUT2D eigenvalue weighted by Gasteiger charge is -2.14. The molecule has 0 radical (unpaired) electrons. The molecule has 1 aliphatic rings. The van der Waals surface area contributed by atoms with E-state index < -0.39 is 23.6 Å². The maximum atomic E-state index is 11.6. The number of nitrogens with zero attached hydrogens (tertiary/aromatic N) is 1. The number of aliphatic hydroxyl groups is 1. The predicted octanol–water partition coefficient (Wildman–Crippen LogP) is -0.0966. The molecule has 1 saturated heterocycles. The first-order valence-electron chi connectivity index (χ1n) is 5.68. The standard InChI is InChI=1S/C11H16N2O4/c1-3-8-7(14)4-9(17-8)13-5-6(2)10(15)12-11(13)16/h5,7-9,14H,3-4H2,1-2H3,(H,12,15,16)/t7-,8-,9+/m1/s1. The molecule has 2 N–H and O–H groups in total. The maximum absolute atomic E-state index is 11.6. The van der Waals surface area contributed by atoms with Crippen molar-refractivity contribution in [3.63, 3.8) is 0 Å². The summed E-state index contributed by atoms with van der Waals surface area (Å²) in [6, 6.07) is 0. The van der Waals surface area contributed by atoms with Crippen molar-refractivity contribution in [2.75, 3.05) is 0 Å². The smallest absolute Gasteiger partial charge is 0.330 e. The van der Waals surface area contributed by atoms with Crippen LogP contribution in [-0.4, -0.2) is 26.9 Å². The molecule has 2 rings (SSSR count). The number of aromatic amines is 1. The number of aliphatic hydroxyl groups excluding tert-OH is 1. The lowest BCUT2D eigenvalue weighted by atomic mass is 10.1. The number of hydrogen-bond donors (Lipinski definition) is 2. The molecule has 0 unspecified atom stereocenters. The molecule has 17 heavy (non-hydrogen) atoms. The van der Waals surface area contributed by atoms with Crippen molar-refractivity contribution in [2.24, 2.45) is 0 Å². The van der Waals surface area contributed by atoms with Crippen LogP contribution in [0.2, 0.25) is 0 Å². The fourth-order valence-electron chi connectivity index (χ4n) is 2.05. The Hall–Kier alpha value is -1.40. The molecule has 0 spiro atoms. The summed E-state index contributed by atoms with van der Waals surface area (Å²) in [7, 11) is 0. The molecule has 2 heterocycles. The van der Waals surface area contributed by atoms with Crippen LogP contribution in [0.1, 0.15) is 31.6 Å². The van der Waals surface area contributed by atoms with Gasteiger partial charge in [-0.2, -0.15) is 0 Å². The zero-order valence-corrected chi connectivity index (χ0v) is 9.84. The summed E-state index contributed by atoms with van der Waals surface area (Å²) < 4.78 is 6.90. The van der Waals surface area contributed by atoms with Gasteiger partial charge in [0.2, 0.25) is 0 Å². The van der Waals surface area contributed by atoms with Gasteiger partial charge >= 0.3 is 5.69 Å². The second kappa shape index (κ2) is 4.46. The minimum Gasteiger partial charge on any atom is -0.390 e. The topological polar surface area (TPSA) is 84.3 Å². The number of hydrogen-bond acceptors (Lipinski definition) is 4. The second-order valence-corrected chi connectivity index (χ2v) is 4.32. The van der Waals surface area contributed by atoms with E-state index in [4.69, 9.17) is 4.74 Å². The van der Waals surface area contributed by atoms with E-state index in [2.05, 4.69) is 4.98 Å². The normalized spacial score (nSPS) is 28.5. The SMILES string of the molecule is CC[C@H]1O[C@H](n2cc(C)c(=O)[nH]c2=O)C[C@H]1O. The number of nitrogens with one attached hydrogen (secondary N) is 1. The fraction of sp³-hybridized carbons (Fsp3) is 0.636. The molecular weight excluding hydrogens is 224 g/mol. The van der Waals surface area contributed by atoms with E-state index >= 15 is 0 Å². The Balaban J connectivity index is 2.34. The van der Waals surface area contributed by atoms with Crippen LogP contribution in [0.15, 0.2) is 15.8 Å². The van der Waals surface area contributed by atoms with Gasteiger partial charge in [-0.1, -0.05) is 6.92 Å². The predicted molar refractivity (Wildman–Crippen MR) is 60.9 cm³/mol. The Bertz CT molecular complexity index is 519. The molecule has 6 heteroatoms. The molecule has 0 saturated carbocycles. The van der Waals surface area contributed by atoms with Gasteiger partial charge in [0.25, 0.3) is 5.56 Å². The summed E-state index contributed by atoms with van der Waals surface area (Å²) in [5, 5.41) is 9.72. The van der Waals surface area contributed by atoms with Crippen LogP contribution >= 0.6 is 0 Å². The van der Waals surface area contributed by atoms with E-state index in [-0.39, 0.29) is 6.10 Å². The highest BCUT2D eigenvalue weighted by molar-refractivity contribution is 5.01. The molecular formula is C11H16N2O4. The first-order valence-corrected chi connectivity index (χ1v) is 5.68. The summed E-state index contributed by atoms with van der Waals surface area (Å²) in [6.45, 7) is 3.54. The zero-order chi connectivity index (χ0) is 12.6. The third-order valence-electron chi connectivity index (χ3n) is 3.06. The minimum atomic E-state index is -0.566. The molecule has 0 aromatic carbocycles. The van der Waals surface area contributed by atoms with Gasteiger partial charge < -0.3 is 9.84 Å². The Morgan fingerprint density at radius 3 is 2.88 bits per heavy atom. The summed E-state index contributed by atoms with van der Waals surface area (Å²) in [5.74, 6) is 0. The van der Waals surface area contributed by atoms with Crippen molar-refractivity contribution in [3.05, 3.63) is 32.6 Å². The molecule has 0 aliphatic carbocycles. The first-order chi connectivity index (χ1) is 8.02. The minimum absolute atomic E-state index is 0.251. The van der Waals surface area contributed by atoms with Crippen LogP contribution in [-0.2, 0) is 4.74 Å². The van der Waals surface area contributed by atoms with Crippen LogP contribution in [0, 0.1) is 6.92 Å². The van der Waals surface area contributed by atoms with Crippen LogP contribution in [0.25, 0.3) is 0 Å². The summed E-state index contributed by atoms with van der Waals surface area (Å²) in [4.78, 5) is 25.1. The van der Waals surface area contributed by atoms with Crippen molar-refractivity contribution in [1.82, 2.24) is 9.55 Å². The maximum Gasteiger partial charge on any atom is 0.330 e. The molecule has 1 aliphatic heterocycles. The van der Waals surface area contributed by atoms with Gasteiger partial charge in [0.15, 0.2) is 0 Å². The van der Waals surface area contributed by atoms with Gasteiger partial charge in [-0.3, -0.25) is 14.3 Å². The zero-order valence-electron chi connectivity index (χ0n) is 9.84. The van der Waals surface area contributed by atoms with E-state index in [1.807, 2.05) is 6.92 Å². The molecule has 3 atom stereocenters. The average Bonchev–Trinajstić information content (AvgIpc) is 2.65. The third kappa shape index (κ3) is 2.18. The number of aryl methyl sites for hydroxylation is 1. The van der Waals surface area contributed by atoms with Crippen LogP contribution in [0.3, 0.4) is 0 Å². The summed E-state index contributed by atoms with van der Waals surface area (Å²) in [5.41, 5.74) is -0.450. The molecule has 1 fully saturated rings. The van der Waals surface area contributed by atoms with Crippen molar-refractivity contribution in [3.8, 4) is 0 Å². The van der Waals surface area contributed by atoms with E-state index in [9.17, 15) is 14.7 Å². The monoisotopic (exact) mass is 240 g/mol. The molecule has 94 valence electrons. The van der Waals surface area contributed by atoms with Crippen molar-refractivity contribution in [1.29, 1.82) is 0 Å². The van der Waals surface area contributed by atoms with E-state index in [1.165, 1.54) is 10.8 Å². The van der Waals surface area contributed by atoms with Crippen molar-refractivity contribution >= 4 is 0 Å². The van der Waals surface area contributed by atoms with Gasteiger partial charge in [0.1, 0.15) is 6.23 Å². The van der Waals surface area contributed by atoms with E-state index in [0.29, 0.717) is 18.4 Å². The number of rotatable bonds is 2. The highest BCUT2D eigenvalue weighted by atomic mass is 16.5. The lowest BCUT2D eigenvalue weighted by molar-refractivity contribution is -0.0218. The van der Waals surface area contributed by atoms with Crippen molar-refractivity contribution in [2.45, 2.75) is 45.1 Å². The first kappa shape index (κ1) is 12.1. The highest BCUT2D eigenvalue weighted by Gasteiger charge is 2.34. The largest absolute Gasteiger partial charge is 0.390 e. The second-order valence-electron chi connectivity index (χ2n) is 4.32. The van der Waals surface area contributed by atoms with Crippen LogP contribution < -0.4 is 11.2 Å². The quantitative estimate of drug-likeness (QED) is 0.756. The van der Waals surface area contributed by atoms with Gasteiger partial charge in [0.05, 0.1) is 12.2 Å². The van der Waals surface area contributed by atoms with Crippen LogP contribution in [0.5, 0.6) is 0 Å². The number of H-pyrrole nitrogens is 1. The molecule has 0 bridgehead atoms. The van der Waals surface area contributed by atoms with E-state index in [0.717, 1.165) is 0 Å². The summed E-state index contributed by atoms with van der Waals surface area (Å²) in [6.07, 6.45) is 1.20. The Morgan fingerprint density at radius 1 is 1.59 bits per heavy atom. The highest BCUT2D eigenvalue weighted by Crippen LogP contribution is 2.28. The number of ether oxygens (including phenoxy) is 1. The summed E-state index contributed by atoms with van der Waals surface area (Å²) >= 11 is 0. The van der Waals surface area contributed by atoms with Crippen LogP contribution in [0.4, 0.5) is 0 Å². The van der Waals surface area contributed by atoms with Gasteiger partial charge in [0, 0.05) is 18.2 Å². The Morgan fingerprint density at radius 2 is 2.29 bits per heavy atom. The fourth-order valence-corrected chi connectivity index (χ4v) is 2.05. The number of aromatic nitrogens is 2. The average molecular weight is 240 g/mol. The Labute approximate surface area is 97.9 Å². The molecule has 1 aromatic rings.